The van der Waals surface area contributed by atoms with Crippen molar-refractivity contribution >= 4 is 33.9 Å². The Morgan fingerprint density at radius 2 is 1.89 bits per heavy atom. The van der Waals surface area contributed by atoms with Gasteiger partial charge in [0.2, 0.25) is 0 Å². The molecule has 0 fully saturated rings. The number of amides is 2. The summed E-state index contributed by atoms with van der Waals surface area (Å²) in [4.78, 5) is 33.8. The van der Waals surface area contributed by atoms with Gasteiger partial charge in [-0.25, -0.2) is 9.59 Å². The van der Waals surface area contributed by atoms with Gasteiger partial charge in [0, 0.05) is 4.47 Å². The molecular weight excluding hydrogens is 318 g/mol. The molecular formula is C12H12BrNO5. The fraction of sp³-hybridized carbons (Fsp3) is 0.250. The Balaban J connectivity index is 2.45. The maximum Gasteiger partial charge on any atom is 0.413 e. The highest BCUT2D eigenvalue weighted by atomic mass is 79.9. The largest absolute Gasteiger partial charge is 0.452 e. The van der Waals surface area contributed by atoms with Gasteiger partial charge < -0.3 is 9.47 Å². The highest BCUT2D eigenvalue weighted by Gasteiger charge is 2.14. The van der Waals surface area contributed by atoms with E-state index in [0.29, 0.717) is 10.0 Å². The van der Waals surface area contributed by atoms with E-state index in [2.05, 4.69) is 20.7 Å². The first-order chi connectivity index (χ1) is 9.04. The molecule has 19 heavy (non-hydrogen) atoms. The van der Waals surface area contributed by atoms with Gasteiger partial charge in [0.15, 0.2) is 6.61 Å². The van der Waals surface area contributed by atoms with E-state index in [1.807, 2.05) is 5.32 Å². The maximum atomic E-state index is 11.6. The Kier molecular flexibility index (Phi) is 6.01. The summed E-state index contributed by atoms with van der Waals surface area (Å²) < 4.78 is 9.83. The summed E-state index contributed by atoms with van der Waals surface area (Å²) in [7, 11) is 0. The summed E-state index contributed by atoms with van der Waals surface area (Å²) in [6.45, 7) is 1.20. The molecule has 7 heteroatoms. The number of halogens is 1. The van der Waals surface area contributed by atoms with Gasteiger partial charge in [0.05, 0.1) is 12.2 Å². The number of nitrogens with one attached hydrogen (secondary N) is 1. The van der Waals surface area contributed by atoms with E-state index >= 15 is 0 Å². The Hall–Kier alpha value is -1.89. The number of ether oxygens (including phenoxy) is 2. The van der Waals surface area contributed by atoms with Crippen LogP contribution in [-0.4, -0.2) is 31.2 Å². The average Bonchev–Trinajstić information content (AvgIpc) is 2.36. The van der Waals surface area contributed by atoms with Gasteiger partial charge in [-0.2, -0.15) is 0 Å². The lowest BCUT2D eigenvalue weighted by atomic mass is 10.2. The molecule has 0 atom stereocenters. The number of esters is 1. The van der Waals surface area contributed by atoms with E-state index in [1.54, 1.807) is 31.2 Å². The molecule has 0 spiro atoms. The van der Waals surface area contributed by atoms with Crippen LogP contribution >= 0.6 is 15.9 Å². The number of benzene rings is 1. The third-order valence-electron chi connectivity index (χ3n) is 1.95. The minimum absolute atomic E-state index is 0.149. The van der Waals surface area contributed by atoms with E-state index < -0.39 is 24.6 Å². The van der Waals surface area contributed by atoms with Crippen LogP contribution < -0.4 is 5.32 Å². The Morgan fingerprint density at radius 3 is 2.53 bits per heavy atom. The van der Waals surface area contributed by atoms with E-state index in [0.717, 1.165) is 0 Å². The molecule has 0 aliphatic rings. The molecule has 0 bridgehead atoms. The minimum Gasteiger partial charge on any atom is -0.452 e. The van der Waals surface area contributed by atoms with Gasteiger partial charge in [0.1, 0.15) is 0 Å². The molecule has 1 aromatic rings. The predicted octanol–water partition coefficient (Wildman–Crippen LogP) is 1.88. The highest BCUT2D eigenvalue weighted by Crippen LogP contribution is 2.16. The van der Waals surface area contributed by atoms with Crippen molar-refractivity contribution in [2.45, 2.75) is 6.92 Å². The molecule has 0 radical (unpaired) electrons. The lowest BCUT2D eigenvalue weighted by molar-refractivity contribution is -0.123. The summed E-state index contributed by atoms with van der Waals surface area (Å²) in [5.41, 5.74) is 0.298. The second-order valence-electron chi connectivity index (χ2n) is 3.32. The first-order valence-corrected chi connectivity index (χ1v) is 6.22. The molecule has 0 aliphatic heterocycles. The van der Waals surface area contributed by atoms with Gasteiger partial charge >= 0.3 is 12.1 Å². The van der Waals surface area contributed by atoms with Crippen molar-refractivity contribution < 1.29 is 23.9 Å². The number of rotatable bonds is 4. The quantitative estimate of drug-likeness (QED) is 0.853. The van der Waals surface area contributed by atoms with Crippen molar-refractivity contribution in [3.8, 4) is 0 Å². The highest BCUT2D eigenvalue weighted by molar-refractivity contribution is 9.10. The fourth-order valence-electron chi connectivity index (χ4n) is 1.15. The molecule has 0 saturated heterocycles. The number of alkyl carbamates (subject to hydrolysis) is 1. The first kappa shape index (κ1) is 15.2. The molecule has 0 saturated carbocycles. The monoisotopic (exact) mass is 329 g/mol. The molecule has 0 aromatic heterocycles. The van der Waals surface area contributed by atoms with Crippen molar-refractivity contribution in [1.29, 1.82) is 0 Å². The zero-order valence-corrected chi connectivity index (χ0v) is 11.7. The van der Waals surface area contributed by atoms with Crippen LogP contribution in [0.5, 0.6) is 0 Å². The van der Waals surface area contributed by atoms with E-state index in [9.17, 15) is 14.4 Å². The number of carbonyl (C=O) groups is 3. The SMILES string of the molecule is CCOC(=O)NC(=O)COC(=O)c1ccccc1Br. The number of hydrogen-bond acceptors (Lipinski definition) is 5. The average molecular weight is 330 g/mol. The molecule has 0 heterocycles. The number of imide groups is 1. The second-order valence-corrected chi connectivity index (χ2v) is 4.18. The molecule has 0 unspecified atom stereocenters. The van der Waals surface area contributed by atoms with Crippen molar-refractivity contribution in [1.82, 2.24) is 5.32 Å². The lowest BCUT2D eigenvalue weighted by Gasteiger charge is -2.06. The van der Waals surface area contributed by atoms with E-state index in [-0.39, 0.29) is 6.61 Å². The summed E-state index contributed by atoms with van der Waals surface area (Å²) in [5, 5.41) is 1.91. The third-order valence-corrected chi connectivity index (χ3v) is 2.64. The molecule has 1 aromatic carbocycles. The van der Waals surface area contributed by atoms with Crippen LogP contribution in [0.15, 0.2) is 28.7 Å². The third kappa shape index (κ3) is 5.09. The first-order valence-electron chi connectivity index (χ1n) is 5.42. The standard InChI is InChI=1S/C12H12BrNO5/c1-2-18-12(17)14-10(15)7-19-11(16)8-5-3-4-6-9(8)13/h3-6H,2,7H2,1H3,(H,14,15,17). The van der Waals surface area contributed by atoms with Crippen LogP contribution in [0.1, 0.15) is 17.3 Å². The second kappa shape index (κ2) is 7.52. The number of hydrogen-bond donors (Lipinski definition) is 1. The van der Waals surface area contributed by atoms with Crippen LogP contribution in [0.4, 0.5) is 4.79 Å². The molecule has 102 valence electrons. The topological polar surface area (TPSA) is 81.7 Å². The predicted molar refractivity (Wildman–Crippen MR) is 69.6 cm³/mol. The molecule has 1 N–H and O–H groups in total. The maximum absolute atomic E-state index is 11.6. The van der Waals surface area contributed by atoms with Crippen molar-refractivity contribution in [2.75, 3.05) is 13.2 Å². The van der Waals surface area contributed by atoms with Crippen LogP contribution in [0, 0.1) is 0 Å². The fourth-order valence-corrected chi connectivity index (χ4v) is 1.60. The van der Waals surface area contributed by atoms with Gasteiger partial charge in [0.25, 0.3) is 5.91 Å². The summed E-state index contributed by atoms with van der Waals surface area (Å²) >= 11 is 3.19. The van der Waals surface area contributed by atoms with Crippen LogP contribution in [-0.2, 0) is 14.3 Å². The zero-order valence-electron chi connectivity index (χ0n) is 10.1. The van der Waals surface area contributed by atoms with Gasteiger partial charge in [-0.3, -0.25) is 10.1 Å². The lowest BCUT2D eigenvalue weighted by Crippen LogP contribution is -2.34. The van der Waals surface area contributed by atoms with Gasteiger partial charge in [-0.15, -0.1) is 0 Å². The summed E-state index contributed by atoms with van der Waals surface area (Å²) in [6.07, 6.45) is -0.871. The Bertz CT molecular complexity index is 489. The minimum atomic E-state index is -0.871. The van der Waals surface area contributed by atoms with Crippen LogP contribution in [0.2, 0.25) is 0 Å². The normalized spacial score (nSPS) is 9.58. The van der Waals surface area contributed by atoms with Crippen LogP contribution in [0.3, 0.4) is 0 Å². The molecule has 6 nitrogen and oxygen atoms in total. The summed E-state index contributed by atoms with van der Waals surface area (Å²) in [5.74, 6) is -1.41. The van der Waals surface area contributed by atoms with E-state index in [4.69, 9.17) is 4.74 Å². The van der Waals surface area contributed by atoms with Crippen molar-refractivity contribution in [2.24, 2.45) is 0 Å². The summed E-state index contributed by atoms with van der Waals surface area (Å²) in [6, 6.07) is 6.64. The van der Waals surface area contributed by atoms with Crippen molar-refractivity contribution in [3.05, 3.63) is 34.3 Å². The molecule has 1 rings (SSSR count). The van der Waals surface area contributed by atoms with Crippen molar-refractivity contribution in [3.63, 3.8) is 0 Å². The smallest absolute Gasteiger partial charge is 0.413 e. The van der Waals surface area contributed by atoms with Crippen LogP contribution in [0.25, 0.3) is 0 Å². The Labute approximate surface area is 118 Å². The molecule has 0 aliphatic carbocycles. The van der Waals surface area contributed by atoms with E-state index in [1.165, 1.54) is 0 Å². The number of carbonyl (C=O) groups excluding carboxylic acids is 3. The Morgan fingerprint density at radius 1 is 1.21 bits per heavy atom. The zero-order chi connectivity index (χ0) is 14.3. The van der Waals surface area contributed by atoms with Gasteiger partial charge in [-0.05, 0) is 35.0 Å². The van der Waals surface area contributed by atoms with Gasteiger partial charge in [-0.1, -0.05) is 12.1 Å². The molecule has 2 amide bonds.